The summed E-state index contributed by atoms with van der Waals surface area (Å²) in [5.74, 6) is -1.32. The number of thiocarbonyl (C=S) groups is 1. The minimum absolute atomic E-state index is 0.106. The molecule has 0 fully saturated rings. The zero-order valence-electron chi connectivity index (χ0n) is 6.90. The van der Waals surface area contributed by atoms with Crippen LogP contribution in [0.25, 0.3) is 0 Å². The zero-order chi connectivity index (χ0) is 10.9. The third kappa shape index (κ3) is 11.1. The molecule has 0 aromatic carbocycles. The fourth-order valence-corrected chi connectivity index (χ4v) is 0.678. The van der Waals surface area contributed by atoms with Gasteiger partial charge < -0.3 is 10.4 Å². The van der Waals surface area contributed by atoms with Crippen LogP contribution in [0.2, 0.25) is 0 Å². The average Bonchev–Trinajstić information content (AvgIpc) is 2.00. The Balaban J connectivity index is 0. The molecule has 0 bridgehead atoms. The molecule has 0 aliphatic rings. The van der Waals surface area contributed by atoms with Crippen LogP contribution in [0, 0.1) is 5.41 Å². The number of hydrogen-bond donors (Lipinski definition) is 4. The highest BCUT2D eigenvalue weighted by molar-refractivity contribution is 7.80. The summed E-state index contributed by atoms with van der Waals surface area (Å²) in [5.41, 5.74) is 0. The molecule has 0 heterocycles. The lowest BCUT2D eigenvalue weighted by atomic mass is 10.3. The smallest absolute Gasteiger partial charge is 0.327 e. The van der Waals surface area contributed by atoms with E-state index < -0.39 is 12.0 Å². The molecule has 0 spiro atoms. The lowest BCUT2D eigenvalue weighted by Crippen LogP contribution is -2.40. The van der Waals surface area contributed by atoms with Crippen LogP contribution < -0.4 is 5.32 Å². The van der Waals surface area contributed by atoms with Gasteiger partial charge in [0, 0.05) is 12.7 Å². The molecular formula is C6H10N2O3S2. The van der Waals surface area contributed by atoms with Gasteiger partial charge in [-0.15, -0.1) is 0 Å². The van der Waals surface area contributed by atoms with E-state index in [9.17, 15) is 9.59 Å². The Bertz CT molecular complexity index is 214. The van der Waals surface area contributed by atoms with Crippen LogP contribution in [0.3, 0.4) is 0 Å². The number of carboxylic acids is 1. The summed E-state index contributed by atoms with van der Waals surface area (Å²) >= 11 is 7.54. The molecule has 0 saturated heterocycles. The van der Waals surface area contributed by atoms with Gasteiger partial charge in [-0.1, -0.05) is 0 Å². The van der Waals surface area contributed by atoms with Gasteiger partial charge in [-0.2, -0.15) is 12.6 Å². The predicted octanol–water partition coefficient (Wildman–Crippen LogP) is 0.173. The third-order valence-corrected chi connectivity index (χ3v) is 1.22. The molecule has 0 aliphatic heterocycles. The molecule has 5 nitrogen and oxygen atoms in total. The molecule has 74 valence electrons. The SMILES string of the molecule is CC(=O)NC(CS)C(=O)O.N=C=S. The van der Waals surface area contributed by atoms with Gasteiger partial charge in [0.15, 0.2) is 0 Å². The maximum Gasteiger partial charge on any atom is 0.327 e. The van der Waals surface area contributed by atoms with Gasteiger partial charge in [-0.3, -0.25) is 4.79 Å². The molecule has 0 aromatic rings. The summed E-state index contributed by atoms with van der Waals surface area (Å²) in [5, 5.41) is 17.9. The molecule has 0 aromatic heterocycles. The monoisotopic (exact) mass is 222 g/mol. The average molecular weight is 222 g/mol. The van der Waals surface area contributed by atoms with Crippen molar-refractivity contribution in [2.45, 2.75) is 13.0 Å². The van der Waals surface area contributed by atoms with Gasteiger partial charge in [0.2, 0.25) is 5.91 Å². The summed E-state index contributed by atoms with van der Waals surface area (Å²) < 4.78 is 0. The molecule has 7 heteroatoms. The summed E-state index contributed by atoms with van der Waals surface area (Å²) in [6.45, 7) is 1.26. The second-order valence-corrected chi connectivity index (χ2v) is 2.45. The Morgan fingerprint density at radius 1 is 1.77 bits per heavy atom. The standard InChI is InChI=1S/C5H9NO3S.CHNS/c1-3(7)6-4(2-10)5(8)9;2-1-3/h4,10H,2H2,1H3,(H,6,7)(H,8,9);2H. The van der Waals surface area contributed by atoms with Crippen molar-refractivity contribution in [1.29, 1.82) is 5.41 Å². The first-order valence-electron chi connectivity index (χ1n) is 3.14. The lowest BCUT2D eigenvalue weighted by molar-refractivity contribution is -0.140. The van der Waals surface area contributed by atoms with E-state index >= 15 is 0 Å². The number of aliphatic carboxylic acids is 1. The summed E-state index contributed by atoms with van der Waals surface area (Å²) in [6, 6.07) is -0.874. The van der Waals surface area contributed by atoms with Crippen molar-refractivity contribution < 1.29 is 14.7 Å². The molecule has 1 amide bonds. The molecule has 3 N–H and O–H groups in total. The van der Waals surface area contributed by atoms with Gasteiger partial charge in [0.25, 0.3) is 0 Å². The highest BCUT2D eigenvalue weighted by Crippen LogP contribution is 1.86. The minimum Gasteiger partial charge on any atom is -0.480 e. The summed E-state index contributed by atoms with van der Waals surface area (Å²) in [4.78, 5) is 20.5. The topological polar surface area (TPSA) is 90.2 Å². The first-order chi connectivity index (χ1) is 5.99. The Hall–Kier alpha value is -0.910. The van der Waals surface area contributed by atoms with Gasteiger partial charge >= 0.3 is 5.97 Å². The number of amides is 1. The Morgan fingerprint density at radius 3 is 2.23 bits per heavy atom. The number of isothiocyanates is 1. The highest BCUT2D eigenvalue weighted by atomic mass is 32.1. The van der Waals surface area contributed by atoms with Crippen molar-refractivity contribution in [2.75, 3.05) is 5.75 Å². The third-order valence-electron chi connectivity index (χ3n) is 0.858. The maximum absolute atomic E-state index is 10.3. The Morgan fingerprint density at radius 2 is 2.15 bits per heavy atom. The zero-order valence-corrected chi connectivity index (χ0v) is 8.61. The van der Waals surface area contributed by atoms with Gasteiger partial charge in [-0.05, 0) is 12.2 Å². The van der Waals surface area contributed by atoms with E-state index in [1.807, 2.05) is 0 Å². The van der Waals surface area contributed by atoms with E-state index in [4.69, 9.17) is 10.5 Å². The minimum atomic E-state index is -1.06. The second-order valence-electron chi connectivity index (χ2n) is 1.88. The number of carbonyl (C=O) groups is 2. The maximum atomic E-state index is 10.3. The van der Waals surface area contributed by atoms with Gasteiger partial charge in [0.1, 0.15) is 6.04 Å². The van der Waals surface area contributed by atoms with Crippen molar-refractivity contribution in [3.8, 4) is 0 Å². The fourth-order valence-electron chi connectivity index (χ4n) is 0.431. The number of carboxylic acid groups (broad SMARTS) is 1. The van der Waals surface area contributed by atoms with Crippen LogP contribution in [0.5, 0.6) is 0 Å². The molecule has 13 heavy (non-hydrogen) atoms. The van der Waals surface area contributed by atoms with Crippen molar-refractivity contribution in [3.05, 3.63) is 0 Å². The van der Waals surface area contributed by atoms with E-state index in [2.05, 4.69) is 30.2 Å². The normalized spacial score (nSPS) is 10.0. The molecule has 1 atom stereocenters. The number of thiol groups is 1. The first-order valence-corrected chi connectivity index (χ1v) is 4.18. The van der Waals surface area contributed by atoms with Gasteiger partial charge in [-0.25, -0.2) is 10.2 Å². The molecular weight excluding hydrogens is 212 g/mol. The highest BCUT2D eigenvalue weighted by Gasteiger charge is 2.14. The fraction of sp³-hybridized carbons (Fsp3) is 0.500. The predicted molar refractivity (Wildman–Crippen MR) is 54.4 cm³/mol. The van der Waals surface area contributed by atoms with Crippen LogP contribution in [-0.4, -0.2) is 33.9 Å². The van der Waals surface area contributed by atoms with Crippen LogP contribution in [0.1, 0.15) is 6.92 Å². The molecule has 0 rings (SSSR count). The largest absolute Gasteiger partial charge is 0.480 e. The molecule has 0 radical (unpaired) electrons. The lowest BCUT2D eigenvalue weighted by Gasteiger charge is -2.08. The number of hydrogen-bond acceptors (Lipinski definition) is 5. The number of carbonyl (C=O) groups excluding carboxylic acids is 1. The van der Waals surface area contributed by atoms with Crippen LogP contribution in [0.4, 0.5) is 0 Å². The van der Waals surface area contributed by atoms with E-state index in [-0.39, 0.29) is 11.7 Å². The summed E-state index contributed by atoms with van der Waals surface area (Å²) in [6.07, 6.45) is 0. The van der Waals surface area contributed by atoms with Crippen molar-refractivity contribution in [3.63, 3.8) is 0 Å². The van der Waals surface area contributed by atoms with E-state index in [1.165, 1.54) is 6.92 Å². The van der Waals surface area contributed by atoms with E-state index in [0.29, 0.717) is 0 Å². The van der Waals surface area contributed by atoms with Crippen molar-refractivity contribution in [1.82, 2.24) is 5.32 Å². The Labute approximate surface area is 86.4 Å². The van der Waals surface area contributed by atoms with E-state index in [0.717, 1.165) is 0 Å². The first kappa shape index (κ1) is 14.6. The van der Waals surface area contributed by atoms with Gasteiger partial charge in [0.05, 0.1) is 5.16 Å². The van der Waals surface area contributed by atoms with Crippen molar-refractivity contribution in [2.24, 2.45) is 0 Å². The quantitative estimate of drug-likeness (QED) is 0.311. The van der Waals surface area contributed by atoms with Crippen molar-refractivity contribution >= 4 is 41.9 Å². The summed E-state index contributed by atoms with van der Waals surface area (Å²) in [7, 11) is 0. The second kappa shape index (κ2) is 9.18. The number of nitrogens with one attached hydrogen (secondary N) is 2. The molecule has 0 aliphatic carbocycles. The number of rotatable bonds is 3. The molecule has 0 saturated carbocycles. The van der Waals surface area contributed by atoms with Crippen LogP contribution >= 0.6 is 24.8 Å². The molecule has 1 unspecified atom stereocenters. The Kier molecular flexibility index (Phi) is 10.3. The van der Waals surface area contributed by atoms with Crippen LogP contribution in [0.15, 0.2) is 0 Å². The van der Waals surface area contributed by atoms with E-state index in [1.54, 1.807) is 5.16 Å². The van der Waals surface area contributed by atoms with Crippen LogP contribution in [-0.2, 0) is 9.59 Å².